The highest BCUT2D eigenvalue weighted by Crippen LogP contribution is 2.35. The lowest BCUT2D eigenvalue weighted by molar-refractivity contribution is -0.134. The van der Waals surface area contributed by atoms with Gasteiger partial charge in [-0.15, -0.1) is 0 Å². The van der Waals surface area contributed by atoms with Gasteiger partial charge in [-0.3, -0.25) is 9.59 Å². The summed E-state index contributed by atoms with van der Waals surface area (Å²) in [6, 6.07) is 7.84. The average molecular weight is 346 g/mol. The average Bonchev–Trinajstić information content (AvgIpc) is 3.05. The number of likely N-dealkylation sites (tertiary alicyclic amines) is 1. The molecule has 1 saturated heterocycles. The molecule has 0 spiro atoms. The molecule has 1 aromatic carbocycles. The second-order valence-electron chi connectivity index (χ2n) is 7.24. The molecule has 2 unspecified atom stereocenters. The number of amides is 2. The van der Waals surface area contributed by atoms with E-state index in [2.05, 4.69) is 0 Å². The van der Waals surface area contributed by atoms with Crippen molar-refractivity contribution in [3.8, 4) is 5.75 Å². The molecule has 2 amide bonds. The Morgan fingerprint density at radius 1 is 1.32 bits per heavy atom. The second-order valence-corrected chi connectivity index (χ2v) is 7.24. The van der Waals surface area contributed by atoms with Gasteiger partial charge in [-0.1, -0.05) is 26.0 Å². The highest BCUT2D eigenvalue weighted by atomic mass is 16.5. The Hall–Kier alpha value is -2.04. The summed E-state index contributed by atoms with van der Waals surface area (Å²) in [6.45, 7) is 7.81. The van der Waals surface area contributed by atoms with Gasteiger partial charge in [0.2, 0.25) is 11.8 Å². The lowest BCUT2D eigenvalue weighted by Crippen LogP contribution is -2.37. The van der Waals surface area contributed by atoms with Crippen molar-refractivity contribution in [2.75, 3.05) is 33.8 Å². The first-order valence-electron chi connectivity index (χ1n) is 9.04. The van der Waals surface area contributed by atoms with E-state index in [-0.39, 0.29) is 23.7 Å². The highest BCUT2D eigenvalue weighted by Gasteiger charge is 2.41. The Morgan fingerprint density at radius 3 is 2.64 bits per heavy atom. The van der Waals surface area contributed by atoms with Crippen molar-refractivity contribution in [2.45, 2.75) is 33.1 Å². The zero-order valence-electron chi connectivity index (χ0n) is 16.0. The van der Waals surface area contributed by atoms with Gasteiger partial charge in [-0.05, 0) is 30.5 Å². The Labute approximate surface area is 150 Å². The van der Waals surface area contributed by atoms with Crippen molar-refractivity contribution in [1.82, 2.24) is 9.80 Å². The Balaban J connectivity index is 2.28. The van der Waals surface area contributed by atoms with Gasteiger partial charge in [0.25, 0.3) is 0 Å². The highest BCUT2D eigenvalue weighted by molar-refractivity contribution is 5.83. The van der Waals surface area contributed by atoms with Crippen molar-refractivity contribution < 1.29 is 14.3 Å². The van der Waals surface area contributed by atoms with Crippen LogP contribution in [0.5, 0.6) is 5.75 Å². The molecule has 138 valence electrons. The minimum absolute atomic E-state index is 0.00714. The Bertz CT molecular complexity index is 615. The van der Waals surface area contributed by atoms with E-state index in [1.165, 1.54) is 0 Å². The number of methoxy groups -OCH3 is 1. The molecule has 5 nitrogen and oxygen atoms in total. The van der Waals surface area contributed by atoms with E-state index in [4.69, 9.17) is 4.74 Å². The van der Waals surface area contributed by atoms with Gasteiger partial charge in [-0.2, -0.15) is 0 Å². The predicted molar refractivity (Wildman–Crippen MR) is 98.6 cm³/mol. The third-order valence-corrected chi connectivity index (χ3v) is 4.95. The summed E-state index contributed by atoms with van der Waals surface area (Å²) in [5.74, 6) is 1.14. The SMILES string of the molecule is CCN(C)C(=O)C1CN(C(=O)CC(C)C)CC1c1cccc(OC)c1. The predicted octanol–water partition coefficient (Wildman–Crippen LogP) is 2.76. The Kier molecular flexibility index (Phi) is 6.45. The van der Waals surface area contributed by atoms with Crippen LogP contribution in [0.1, 0.15) is 38.7 Å². The molecule has 2 atom stereocenters. The number of hydrogen-bond acceptors (Lipinski definition) is 3. The van der Waals surface area contributed by atoms with Crippen molar-refractivity contribution in [3.63, 3.8) is 0 Å². The first-order valence-corrected chi connectivity index (χ1v) is 9.04. The van der Waals surface area contributed by atoms with E-state index in [1.807, 2.05) is 57.0 Å². The van der Waals surface area contributed by atoms with Gasteiger partial charge in [0.15, 0.2) is 0 Å². The maximum atomic E-state index is 12.9. The molecule has 0 radical (unpaired) electrons. The fraction of sp³-hybridized carbons (Fsp3) is 0.600. The number of nitrogens with zero attached hydrogens (tertiary/aromatic N) is 2. The quantitative estimate of drug-likeness (QED) is 0.796. The van der Waals surface area contributed by atoms with E-state index in [0.29, 0.717) is 32.0 Å². The van der Waals surface area contributed by atoms with Crippen molar-refractivity contribution in [2.24, 2.45) is 11.8 Å². The number of rotatable bonds is 6. The van der Waals surface area contributed by atoms with Gasteiger partial charge >= 0.3 is 0 Å². The summed E-state index contributed by atoms with van der Waals surface area (Å²) < 4.78 is 5.33. The molecule has 1 aliphatic heterocycles. The summed E-state index contributed by atoms with van der Waals surface area (Å²) in [7, 11) is 3.46. The van der Waals surface area contributed by atoms with Crippen LogP contribution < -0.4 is 4.74 Å². The molecule has 1 aromatic rings. The summed E-state index contributed by atoms with van der Waals surface area (Å²) in [6.07, 6.45) is 0.523. The third-order valence-electron chi connectivity index (χ3n) is 4.95. The van der Waals surface area contributed by atoms with Crippen LogP contribution in [0.4, 0.5) is 0 Å². The number of ether oxygens (including phenoxy) is 1. The first-order chi connectivity index (χ1) is 11.9. The van der Waals surface area contributed by atoms with E-state index < -0.39 is 0 Å². The van der Waals surface area contributed by atoms with Crippen LogP contribution in [0.25, 0.3) is 0 Å². The molecule has 25 heavy (non-hydrogen) atoms. The molecule has 1 heterocycles. The van der Waals surface area contributed by atoms with Crippen LogP contribution >= 0.6 is 0 Å². The van der Waals surface area contributed by atoms with Crippen LogP contribution in [0.15, 0.2) is 24.3 Å². The fourth-order valence-electron chi connectivity index (χ4n) is 3.38. The normalized spacial score (nSPS) is 20.0. The zero-order valence-corrected chi connectivity index (χ0v) is 16.0. The van der Waals surface area contributed by atoms with Gasteiger partial charge in [0.1, 0.15) is 5.75 Å². The minimum atomic E-state index is -0.201. The number of carbonyl (C=O) groups is 2. The van der Waals surface area contributed by atoms with Crippen LogP contribution in [0.3, 0.4) is 0 Å². The molecule has 1 fully saturated rings. The number of hydrogen-bond donors (Lipinski definition) is 0. The third kappa shape index (κ3) is 4.53. The van der Waals surface area contributed by atoms with Crippen LogP contribution in [0.2, 0.25) is 0 Å². The van der Waals surface area contributed by atoms with Gasteiger partial charge in [0.05, 0.1) is 13.0 Å². The number of benzene rings is 1. The molecular formula is C20H30N2O3. The molecule has 0 aliphatic carbocycles. The van der Waals surface area contributed by atoms with Crippen LogP contribution in [0, 0.1) is 11.8 Å². The fourth-order valence-corrected chi connectivity index (χ4v) is 3.38. The maximum absolute atomic E-state index is 12.9. The van der Waals surface area contributed by atoms with Crippen molar-refractivity contribution >= 4 is 11.8 Å². The lowest BCUT2D eigenvalue weighted by Gasteiger charge is -2.23. The molecular weight excluding hydrogens is 316 g/mol. The maximum Gasteiger partial charge on any atom is 0.227 e. The molecule has 1 aliphatic rings. The van der Waals surface area contributed by atoms with E-state index >= 15 is 0 Å². The largest absolute Gasteiger partial charge is 0.497 e. The monoisotopic (exact) mass is 346 g/mol. The number of carbonyl (C=O) groups excluding carboxylic acids is 2. The molecule has 5 heteroatoms. The molecule has 0 bridgehead atoms. The standard InChI is InChI=1S/C20H30N2O3/c1-6-21(4)20(24)18-13-22(19(23)10-14(2)3)12-17(18)15-8-7-9-16(11-15)25-5/h7-9,11,14,17-18H,6,10,12-13H2,1-5H3. The van der Waals surface area contributed by atoms with Crippen LogP contribution in [-0.4, -0.2) is 55.4 Å². The second kappa shape index (κ2) is 8.37. The van der Waals surface area contributed by atoms with Gasteiger partial charge in [0, 0.05) is 39.0 Å². The molecule has 0 N–H and O–H groups in total. The van der Waals surface area contributed by atoms with E-state index in [1.54, 1.807) is 12.0 Å². The summed E-state index contributed by atoms with van der Waals surface area (Å²) in [5, 5.41) is 0. The smallest absolute Gasteiger partial charge is 0.227 e. The summed E-state index contributed by atoms with van der Waals surface area (Å²) >= 11 is 0. The van der Waals surface area contributed by atoms with Gasteiger partial charge < -0.3 is 14.5 Å². The van der Waals surface area contributed by atoms with Crippen molar-refractivity contribution in [3.05, 3.63) is 29.8 Å². The topological polar surface area (TPSA) is 49.9 Å². The molecule has 0 saturated carbocycles. The lowest BCUT2D eigenvalue weighted by atomic mass is 9.88. The molecule has 0 aromatic heterocycles. The van der Waals surface area contributed by atoms with Crippen molar-refractivity contribution in [1.29, 1.82) is 0 Å². The minimum Gasteiger partial charge on any atom is -0.497 e. The Morgan fingerprint density at radius 2 is 2.04 bits per heavy atom. The van der Waals surface area contributed by atoms with E-state index in [0.717, 1.165) is 11.3 Å². The zero-order chi connectivity index (χ0) is 18.6. The first kappa shape index (κ1) is 19.3. The summed E-state index contributed by atoms with van der Waals surface area (Å²) in [5.41, 5.74) is 1.06. The summed E-state index contributed by atoms with van der Waals surface area (Å²) in [4.78, 5) is 29.0. The van der Waals surface area contributed by atoms with Gasteiger partial charge in [-0.25, -0.2) is 0 Å². The van der Waals surface area contributed by atoms with Crippen LogP contribution in [-0.2, 0) is 9.59 Å². The molecule has 2 rings (SSSR count). The van der Waals surface area contributed by atoms with E-state index in [9.17, 15) is 9.59 Å².